The van der Waals surface area contributed by atoms with Crippen LogP contribution in [-0.2, 0) is 14.3 Å². The van der Waals surface area contributed by atoms with E-state index in [1.165, 1.54) is 289 Å². The van der Waals surface area contributed by atoms with Gasteiger partial charge in [0.25, 0.3) is 0 Å². The van der Waals surface area contributed by atoms with Crippen molar-refractivity contribution < 1.29 is 24.5 Å². The first kappa shape index (κ1) is 73.1. The van der Waals surface area contributed by atoms with E-state index in [4.69, 9.17) is 4.74 Å². The number of unbranched alkanes of at least 4 members (excludes halogenated alkanes) is 48. The summed E-state index contributed by atoms with van der Waals surface area (Å²) in [7, 11) is 0. The molecule has 0 spiro atoms. The lowest BCUT2D eigenvalue weighted by atomic mass is 10.0. The van der Waals surface area contributed by atoms with Crippen LogP contribution in [0.25, 0.3) is 0 Å². The van der Waals surface area contributed by atoms with Crippen molar-refractivity contribution in [2.75, 3.05) is 13.2 Å². The molecule has 2 atom stereocenters. The van der Waals surface area contributed by atoms with Crippen LogP contribution in [-0.4, -0.2) is 47.4 Å². The lowest BCUT2D eigenvalue weighted by molar-refractivity contribution is -0.143. The highest BCUT2D eigenvalue weighted by atomic mass is 16.5. The third-order valence-electron chi connectivity index (χ3n) is 15.7. The minimum absolute atomic E-state index is 0.00458. The van der Waals surface area contributed by atoms with Crippen molar-refractivity contribution in [3.8, 4) is 0 Å². The van der Waals surface area contributed by atoms with Gasteiger partial charge in [0.1, 0.15) is 0 Å². The third kappa shape index (κ3) is 61.2. The standard InChI is InChI=1S/C69H131NO5/c1-3-5-7-9-11-13-15-17-33-37-41-45-49-53-57-61-67(72)66(65-71)70-68(73)62-58-54-50-46-42-38-35-31-29-27-25-23-21-19-20-22-24-26-28-30-32-36-40-44-48-52-56-60-64-75-69(74)63-59-55-51-47-43-39-34-18-16-14-12-10-8-6-4-2/h12,14,18,34,57,61,66-67,71-72H,3-11,13,15-17,19-33,35-56,58-60,62-65H2,1-2H3,(H,70,73)/b14-12-,34-18-,61-57+/t66-,67+/m0/s1. The second-order valence-electron chi connectivity index (χ2n) is 23.2. The Morgan fingerprint density at radius 3 is 1.04 bits per heavy atom. The van der Waals surface area contributed by atoms with E-state index in [9.17, 15) is 19.8 Å². The van der Waals surface area contributed by atoms with E-state index < -0.39 is 12.1 Å². The van der Waals surface area contributed by atoms with Gasteiger partial charge in [-0.1, -0.05) is 326 Å². The Bertz CT molecular complexity index is 1210. The van der Waals surface area contributed by atoms with Crippen molar-refractivity contribution in [1.82, 2.24) is 5.32 Å². The fraction of sp³-hybridized carbons (Fsp3) is 0.884. The number of nitrogens with one attached hydrogen (secondary N) is 1. The molecule has 0 radical (unpaired) electrons. The molecule has 442 valence electrons. The summed E-state index contributed by atoms with van der Waals surface area (Å²) in [4.78, 5) is 24.5. The predicted molar refractivity (Wildman–Crippen MR) is 329 cm³/mol. The summed E-state index contributed by atoms with van der Waals surface area (Å²) < 4.78 is 5.49. The minimum atomic E-state index is -0.842. The highest BCUT2D eigenvalue weighted by molar-refractivity contribution is 5.76. The minimum Gasteiger partial charge on any atom is -0.466 e. The van der Waals surface area contributed by atoms with Gasteiger partial charge < -0.3 is 20.3 Å². The van der Waals surface area contributed by atoms with E-state index in [2.05, 4.69) is 43.5 Å². The first-order valence-corrected chi connectivity index (χ1v) is 33.8. The first-order chi connectivity index (χ1) is 37.0. The maximum atomic E-state index is 12.5. The SMILES string of the molecule is CCCCC/C=C\C/C=C\CCCCCCCC(=O)OCCCCCCCCCCCCCCCCCCCCCCCCCCCCCCC(=O)N[C@@H](CO)[C@H](O)/C=C/CCCCCCCCCCCCCCC. The van der Waals surface area contributed by atoms with Crippen LogP contribution < -0.4 is 5.32 Å². The molecule has 1 amide bonds. The van der Waals surface area contributed by atoms with Gasteiger partial charge >= 0.3 is 5.97 Å². The smallest absolute Gasteiger partial charge is 0.305 e. The van der Waals surface area contributed by atoms with E-state index in [1.54, 1.807) is 6.08 Å². The molecule has 0 aliphatic heterocycles. The van der Waals surface area contributed by atoms with Crippen molar-refractivity contribution >= 4 is 11.9 Å². The van der Waals surface area contributed by atoms with Crippen LogP contribution in [0.2, 0.25) is 0 Å². The number of esters is 1. The Balaban J connectivity index is 3.36. The Morgan fingerprint density at radius 1 is 0.373 bits per heavy atom. The Kier molecular flexibility index (Phi) is 63.0. The summed E-state index contributed by atoms with van der Waals surface area (Å²) in [6.45, 7) is 4.89. The van der Waals surface area contributed by atoms with Crippen LogP contribution >= 0.6 is 0 Å². The summed E-state index contributed by atoms with van der Waals surface area (Å²) in [5.41, 5.74) is 0. The summed E-state index contributed by atoms with van der Waals surface area (Å²) in [6.07, 6.45) is 82.1. The topological polar surface area (TPSA) is 95.9 Å². The van der Waals surface area contributed by atoms with Crippen LogP contribution in [0.5, 0.6) is 0 Å². The molecule has 0 aliphatic carbocycles. The fourth-order valence-corrected chi connectivity index (χ4v) is 10.5. The molecule has 6 nitrogen and oxygen atoms in total. The first-order valence-electron chi connectivity index (χ1n) is 33.8. The van der Waals surface area contributed by atoms with Crippen LogP contribution in [0.4, 0.5) is 0 Å². The van der Waals surface area contributed by atoms with Gasteiger partial charge in [-0.3, -0.25) is 9.59 Å². The number of aliphatic hydroxyl groups excluding tert-OH is 2. The molecule has 75 heavy (non-hydrogen) atoms. The molecule has 0 aromatic carbocycles. The normalized spacial score (nSPS) is 12.7. The number of carbonyl (C=O) groups is 2. The van der Waals surface area contributed by atoms with Gasteiger partial charge in [0.05, 0.1) is 25.4 Å². The molecule has 0 heterocycles. The molecule has 0 bridgehead atoms. The molecular formula is C69H131NO5. The summed E-state index contributed by atoms with van der Waals surface area (Å²) in [5.74, 6) is -0.0585. The van der Waals surface area contributed by atoms with Gasteiger partial charge in [-0.05, 0) is 64.2 Å². The molecule has 0 unspecified atom stereocenters. The second-order valence-corrected chi connectivity index (χ2v) is 23.2. The molecule has 0 aliphatic rings. The highest BCUT2D eigenvalue weighted by Gasteiger charge is 2.18. The predicted octanol–water partition coefficient (Wildman–Crippen LogP) is 21.5. The van der Waals surface area contributed by atoms with Gasteiger partial charge in [0, 0.05) is 12.8 Å². The molecule has 0 fully saturated rings. The number of allylic oxidation sites excluding steroid dienone is 5. The average molecular weight is 1050 g/mol. The van der Waals surface area contributed by atoms with Gasteiger partial charge in [-0.2, -0.15) is 0 Å². The fourth-order valence-electron chi connectivity index (χ4n) is 10.5. The molecule has 0 saturated heterocycles. The Morgan fingerprint density at radius 2 is 0.667 bits per heavy atom. The lowest BCUT2D eigenvalue weighted by Gasteiger charge is -2.20. The van der Waals surface area contributed by atoms with Crippen molar-refractivity contribution in [2.24, 2.45) is 0 Å². The summed E-state index contributed by atoms with van der Waals surface area (Å²) in [5, 5.41) is 23.2. The van der Waals surface area contributed by atoms with Crippen LogP contribution in [0.15, 0.2) is 36.5 Å². The van der Waals surface area contributed by atoms with Gasteiger partial charge in [0.15, 0.2) is 0 Å². The van der Waals surface area contributed by atoms with E-state index in [0.29, 0.717) is 19.4 Å². The van der Waals surface area contributed by atoms with Crippen LogP contribution in [0, 0.1) is 0 Å². The molecular weight excluding hydrogens is 923 g/mol. The van der Waals surface area contributed by atoms with Crippen molar-refractivity contribution in [1.29, 1.82) is 0 Å². The van der Waals surface area contributed by atoms with E-state index in [-0.39, 0.29) is 18.5 Å². The number of ether oxygens (including phenoxy) is 1. The highest BCUT2D eigenvalue weighted by Crippen LogP contribution is 2.18. The molecule has 0 aromatic heterocycles. The molecule has 0 saturated carbocycles. The maximum Gasteiger partial charge on any atom is 0.305 e. The number of amides is 1. The summed E-state index contributed by atoms with van der Waals surface area (Å²) in [6, 6.07) is -0.625. The average Bonchev–Trinajstić information content (AvgIpc) is 3.41. The van der Waals surface area contributed by atoms with Gasteiger partial charge in [0.2, 0.25) is 5.91 Å². The van der Waals surface area contributed by atoms with Crippen molar-refractivity contribution in [3.63, 3.8) is 0 Å². The Labute approximate surface area is 468 Å². The monoisotopic (exact) mass is 1050 g/mol. The second kappa shape index (κ2) is 64.6. The number of rotatable bonds is 63. The van der Waals surface area contributed by atoms with E-state index >= 15 is 0 Å². The molecule has 0 rings (SSSR count). The van der Waals surface area contributed by atoms with E-state index in [1.807, 2.05) is 6.08 Å². The zero-order chi connectivity index (χ0) is 54.3. The van der Waals surface area contributed by atoms with Gasteiger partial charge in [-0.25, -0.2) is 0 Å². The number of carbonyl (C=O) groups excluding carboxylic acids is 2. The summed E-state index contributed by atoms with van der Waals surface area (Å²) >= 11 is 0. The largest absolute Gasteiger partial charge is 0.466 e. The third-order valence-corrected chi connectivity index (χ3v) is 15.7. The molecule has 0 aromatic rings. The molecule has 3 N–H and O–H groups in total. The van der Waals surface area contributed by atoms with Crippen LogP contribution in [0.1, 0.15) is 367 Å². The zero-order valence-corrected chi connectivity index (χ0v) is 50.5. The van der Waals surface area contributed by atoms with E-state index in [0.717, 1.165) is 51.4 Å². The zero-order valence-electron chi connectivity index (χ0n) is 50.5. The number of hydrogen-bond acceptors (Lipinski definition) is 5. The van der Waals surface area contributed by atoms with Crippen molar-refractivity contribution in [3.05, 3.63) is 36.5 Å². The number of hydrogen-bond donors (Lipinski definition) is 3. The Hall–Kier alpha value is -1.92. The van der Waals surface area contributed by atoms with Crippen LogP contribution in [0.3, 0.4) is 0 Å². The lowest BCUT2D eigenvalue weighted by Crippen LogP contribution is -2.45. The number of aliphatic hydroxyl groups is 2. The molecule has 6 heteroatoms. The quantitative estimate of drug-likeness (QED) is 0.0320. The van der Waals surface area contributed by atoms with Gasteiger partial charge in [-0.15, -0.1) is 0 Å². The van der Waals surface area contributed by atoms with Crippen molar-refractivity contribution in [2.45, 2.75) is 379 Å². The maximum absolute atomic E-state index is 12.5.